The zero-order valence-corrected chi connectivity index (χ0v) is 18.0. The van der Waals surface area contributed by atoms with E-state index in [4.69, 9.17) is 16.0 Å². The van der Waals surface area contributed by atoms with E-state index in [-0.39, 0.29) is 23.8 Å². The van der Waals surface area contributed by atoms with Crippen LogP contribution >= 0.6 is 23.4 Å². The highest BCUT2D eigenvalue weighted by molar-refractivity contribution is 7.99. The maximum absolute atomic E-state index is 12.9. The van der Waals surface area contributed by atoms with Crippen molar-refractivity contribution < 1.29 is 14.0 Å². The zero-order valence-electron chi connectivity index (χ0n) is 16.5. The number of benzene rings is 1. The number of thioether (sulfide) groups is 1. The fourth-order valence-electron chi connectivity index (χ4n) is 2.73. The molecule has 0 fully saturated rings. The number of fused-ring (bicyclic) bond motifs is 1. The summed E-state index contributed by atoms with van der Waals surface area (Å²) in [7, 11) is 0. The molecule has 0 bridgehead atoms. The minimum Gasteiger partial charge on any atom is -0.467 e. The third-order valence-electron chi connectivity index (χ3n) is 4.02. The second-order valence-corrected chi connectivity index (χ2v) is 8.34. The van der Waals surface area contributed by atoms with Crippen molar-refractivity contribution in [2.75, 3.05) is 5.75 Å². The summed E-state index contributed by atoms with van der Waals surface area (Å²) in [5.74, 6) is 0.192. The largest absolute Gasteiger partial charge is 0.467 e. The van der Waals surface area contributed by atoms with Crippen LogP contribution in [-0.4, -0.2) is 27.2 Å². The van der Waals surface area contributed by atoms with Crippen LogP contribution in [0.2, 0.25) is 5.02 Å². The van der Waals surface area contributed by atoms with Crippen molar-refractivity contribution in [1.82, 2.24) is 20.2 Å². The summed E-state index contributed by atoms with van der Waals surface area (Å²) in [6.07, 6.45) is 1.50. The number of rotatable bonds is 7. The molecule has 2 heterocycles. The van der Waals surface area contributed by atoms with Crippen molar-refractivity contribution in [3.8, 4) is 0 Å². The predicted molar refractivity (Wildman–Crippen MR) is 116 cm³/mol. The first-order chi connectivity index (χ1) is 14.3. The molecule has 0 unspecified atom stereocenters. The average molecular weight is 449 g/mol. The van der Waals surface area contributed by atoms with Gasteiger partial charge in [-0.05, 0) is 36.2 Å². The van der Waals surface area contributed by atoms with Crippen molar-refractivity contribution in [2.24, 2.45) is 5.92 Å². The molecule has 0 saturated heterocycles. The van der Waals surface area contributed by atoms with Gasteiger partial charge in [0.2, 0.25) is 5.91 Å². The predicted octanol–water partition coefficient (Wildman–Crippen LogP) is 3.42. The average Bonchev–Trinajstić information content (AvgIpc) is 3.20. The van der Waals surface area contributed by atoms with Crippen molar-refractivity contribution in [3.63, 3.8) is 0 Å². The van der Waals surface area contributed by atoms with E-state index in [0.717, 1.165) is 11.8 Å². The van der Waals surface area contributed by atoms with Crippen LogP contribution in [0.5, 0.6) is 0 Å². The summed E-state index contributed by atoms with van der Waals surface area (Å²) in [5, 5.41) is 6.11. The highest BCUT2D eigenvalue weighted by Crippen LogP contribution is 2.21. The number of nitrogens with zero attached hydrogens (tertiary/aromatic N) is 2. The molecular weight excluding hydrogens is 428 g/mol. The number of hydrogen-bond acceptors (Lipinski definition) is 6. The topological polar surface area (TPSA) is 106 Å². The van der Waals surface area contributed by atoms with Gasteiger partial charge in [-0.1, -0.05) is 37.2 Å². The summed E-state index contributed by atoms with van der Waals surface area (Å²) in [4.78, 5) is 41.5. The first kappa shape index (κ1) is 21.9. The molecule has 3 aromatic rings. The number of nitrogens with one attached hydrogen (secondary N) is 2. The Morgan fingerprint density at radius 1 is 1.30 bits per heavy atom. The molecule has 2 aromatic heterocycles. The van der Waals surface area contributed by atoms with E-state index in [2.05, 4.69) is 15.6 Å². The number of urea groups is 1. The lowest BCUT2D eigenvalue weighted by atomic mass is 10.2. The molecule has 0 saturated carbocycles. The number of imide groups is 1. The standard InChI is InChI=1S/C20H21ClN4O4S/c1-12(2)10-25-18(27)15-6-5-13(21)8-16(15)23-20(25)30-11-17(26)24-19(28)22-9-14-4-3-7-29-14/h3-8,12H,9-11H2,1-2H3,(H2,22,24,26,28). The number of hydrogen-bond donors (Lipinski definition) is 2. The summed E-state index contributed by atoms with van der Waals surface area (Å²) >= 11 is 7.12. The van der Waals surface area contributed by atoms with E-state index in [9.17, 15) is 14.4 Å². The lowest BCUT2D eigenvalue weighted by Crippen LogP contribution is -2.40. The second kappa shape index (κ2) is 9.82. The molecule has 3 rings (SSSR count). The Bertz CT molecular complexity index is 1110. The van der Waals surface area contributed by atoms with Gasteiger partial charge < -0.3 is 9.73 Å². The van der Waals surface area contributed by atoms with Crippen LogP contribution in [0.15, 0.2) is 51.0 Å². The summed E-state index contributed by atoms with van der Waals surface area (Å²) < 4.78 is 6.66. The van der Waals surface area contributed by atoms with Gasteiger partial charge in [-0.15, -0.1) is 0 Å². The van der Waals surface area contributed by atoms with Crippen molar-refractivity contribution in [1.29, 1.82) is 0 Å². The highest BCUT2D eigenvalue weighted by atomic mass is 35.5. The molecule has 0 spiro atoms. The highest BCUT2D eigenvalue weighted by Gasteiger charge is 2.16. The zero-order chi connectivity index (χ0) is 21.7. The number of aromatic nitrogens is 2. The van der Waals surface area contributed by atoms with Gasteiger partial charge in [-0.2, -0.15) is 0 Å². The van der Waals surface area contributed by atoms with Crippen LogP contribution in [-0.2, 0) is 17.9 Å². The third kappa shape index (κ3) is 5.64. The van der Waals surface area contributed by atoms with E-state index < -0.39 is 11.9 Å². The lowest BCUT2D eigenvalue weighted by molar-refractivity contribution is -0.117. The number of carbonyl (C=O) groups excluding carboxylic acids is 2. The smallest absolute Gasteiger partial charge is 0.321 e. The van der Waals surface area contributed by atoms with E-state index in [0.29, 0.717) is 33.4 Å². The molecule has 0 aliphatic heterocycles. The van der Waals surface area contributed by atoms with Gasteiger partial charge >= 0.3 is 6.03 Å². The van der Waals surface area contributed by atoms with E-state index >= 15 is 0 Å². The Morgan fingerprint density at radius 3 is 2.80 bits per heavy atom. The minimum atomic E-state index is -0.630. The first-order valence-electron chi connectivity index (χ1n) is 9.26. The number of carbonyl (C=O) groups is 2. The third-order valence-corrected chi connectivity index (χ3v) is 5.23. The second-order valence-electron chi connectivity index (χ2n) is 6.96. The monoisotopic (exact) mass is 448 g/mol. The minimum absolute atomic E-state index is 0.0786. The van der Waals surface area contributed by atoms with Crippen LogP contribution in [0.1, 0.15) is 19.6 Å². The fraction of sp³-hybridized carbons (Fsp3) is 0.300. The van der Waals surface area contributed by atoms with E-state index in [1.807, 2.05) is 13.8 Å². The van der Waals surface area contributed by atoms with Crippen LogP contribution in [0, 0.1) is 5.92 Å². The number of amides is 3. The van der Waals surface area contributed by atoms with Crippen molar-refractivity contribution in [2.45, 2.75) is 32.1 Å². The summed E-state index contributed by atoms with van der Waals surface area (Å²) in [6.45, 7) is 4.60. The van der Waals surface area contributed by atoms with Crippen LogP contribution in [0.3, 0.4) is 0 Å². The van der Waals surface area contributed by atoms with Gasteiger partial charge in [-0.3, -0.25) is 19.5 Å². The van der Waals surface area contributed by atoms with Gasteiger partial charge in [0.05, 0.1) is 29.5 Å². The Kier molecular flexibility index (Phi) is 7.17. The summed E-state index contributed by atoms with van der Waals surface area (Å²) in [5.41, 5.74) is 0.274. The Hall–Kier alpha value is -2.78. The fourth-order valence-corrected chi connectivity index (χ4v) is 3.70. The molecule has 3 amide bonds. The SMILES string of the molecule is CC(C)Cn1c(SCC(=O)NC(=O)NCc2ccco2)nc2cc(Cl)ccc2c1=O. The van der Waals surface area contributed by atoms with Crippen molar-refractivity contribution >= 4 is 46.2 Å². The molecule has 158 valence electrons. The van der Waals surface area contributed by atoms with E-state index in [1.165, 1.54) is 6.26 Å². The number of halogens is 1. The molecule has 10 heteroatoms. The molecule has 8 nitrogen and oxygen atoms in total. The van der Waals surface area contributed by atoms with Gasteiger partial charge in [0.15, 0.2) is 5.16 Å². The van der Waals surface area contributed by atoms with Crippen LogP contribution in [0.4, 0.5) is 4.79 Å². The Morgan fingerprint density at radius 2 is 2.10 bits per heavy atom. The molecule has 0 aliphatic carbocycles. The van der Waals surface area contributed by atoms with E-state index in [1.54, 1.807) is 34.9 Å². The van der Waals surface area contributed by atoms with Crippen LogP contribution in [0.25, 0.3) is 10.9 Å². The Balaban J connectivity index is 1.69. The Labute approximate surface area is 182 Å². The maximum Gasteiger partial charge on any atom is 0.321 e. The first-order valence-corrected chi connectivity index (χ1v) is 10.6. The van der Waals surface area contributed by atoms with Crippen LogP contribution < -0.4 is 16.2 Å². The molecule has 2 N–H and O–H groups in total. The molecular formula is C20H21ClN4O4S. The molecule has 0 radical (unpaired) electrons. The van der Waals surface area contributed by atoms with Crippen molar-refractivity contribution in [3.05, 3.63) is 57.7 Å². The quantitative estimate of drug-likeness (QED) is 0.423. The van der Waals surface area contributed by atoms with Gasteiger partial charge in [0.1, 0.15) is 5.76 Å². The lowest BCUT2D eigenvalue weighted by Gasteiger charge is -2.15. The molecule has 0 aliphatic rings. The van der Waals surface area contributed by atoms with Gasteiger partial charge in [0, 0.05) is 11.6 Å². The maximum atomic E-state index is 12.9. The normalized spacial score (nSPS) is 11.1. The summed E-state index contributed by atoms with van der Waals surface area (Å²) in [6, 6.07) is 7.70. The molecule has 1 aromatic carbocycles. The van der Waals surface area contributed by atoms with Gasteiger partial charge in [0.25, 0.3) is 5.56 Å². The molecule has 30 heavy (non-hydrogen) atoms. The molecule has 0 atom stereocenters. The van der Waals surface area contributed by atoms with Gasteiger partial charge in [-0.25, -0.2) is 9.78 Å². The number of furan rings is 1.